The van der Waals surface area contributed by atoms with E-state index in [9.17, 15) is 4.79 Å². The van der Waals surface area contributed by atoms with Crippen LogP contribution in [0.4, 0.5) is 0 Å². The summed E-state index contributed by atoms with van der Waals surface area (Å²) in [5.74, 6) is -0.420. The molecule has 0 aliphatic carbocycles. The number of hydrogen-bond donors (Lipinski definition) is 0. The van der Waals surface area contributed by atoms with E-state index in [0.717, 1.165) is 4.47 Å². The highest BCUT2D eigenvalue weighted by molar-refractivity contribution is 9.10. The lowest BCUT2D eigenvalue weighted by molar-refractivity contribution is 0.0599. The molecule has 1 aromatic carbocycles. The second-order valence-electron chi connectivity index (χ2n) is 2.59. The molecule has 3 nitrogen and oxygen atoms in total. The van der Waals surface area contributed by atoms with Crippen LogP contribution in [0, 0.1) is 11.3 Å². The quantitative estimate of drug-likeness (QED) is 0.761. The van der Waals surface area contributed by atoms with Gasteiger partial charge >= 0.3 is 5.97 Å². The molecular formula is C10H8BrNO2. The number of carbonyl (C=O) groups excluding carboxylic acids is 1. The van der Waals surface area contributed by atoms with Crippen LogP contribution in [0.2, 0.25) is 0 Å². The maximum Gasteiger partial charge on any atom is 0.338 e. The van der Waals surface area contributed by atoms with Crippen LogP contribution in [0.3, 0.4) is 0 Å². The normalized spacial score (nSPS) is 9.21. The second kappa shape index (κ2) is 4.77. The Balaban J connectivity index is 3.22. The molecule has 1 rings (SSSR count). The van der Waals surface area contributed by atoms with Crippen molar-refractivity contribution in [1.29, 1.82) is 5.26 Å². The largest absolute Gasteiger partial charge is 0.465 e. The first-order chi connectivity index (χ1) is 6.70. The third kappa shape index (κ3) is 2.12. The smallest absolute Gasteiger partial charge is 0.338 e. The number of methoxy groups -OCH3 is 1. The Labute approximate surface area is 90.4 Å². The Hall–Kier alpha value is -1.34. The van der Waals surface area contributed by atoms with Gasteiger partial charge in [0.15, 0.2) is 0 Å². The average Bonchev–Trinajstić information content (AvgIpc) is 2.20. The molecule has 0 radical (unpaired) electrons. The highest BCUT2D eigenvalue weighted by atomic mass is 79.9. The lowest BCUT2D eigenvalue weighted by Crippen LogP contribution is -2.05. The SMILES string of the molecule is COC(=O)c1cccc(Br)c1CC#N. The van der Waals surface area contributed by atoms with E-state index in [-0.39, 0.29) is 6.42 Å². The Morgan fingerprint density at radius 2 is 2.36 bits per heavy atom. The van der Waals surface area contributed by atoms with Crippen molar-refractivity contribution in [1.82, 2.24) is 0 Å². The summed E-state index contributed by atoms with van der Waals surface area (Å²) in [6.07, 6.45) is 0.186. The molecule has 0 bridgehead atoms. The van der Waals surface area contributed by atoms with Gasteiger partial charge in [0.1, 0.15) is 0 Å². The fourth-order valence-electron chi connectivity index (χ4n) is 1.12. The zero-order valence-corrected chi connectivity index (χ0v) is 9.17. The predicted octanol–water partition coefficient (Wildman–Crippen LogP) is 2.30. The molecule has 0 heterocycles. The highest BCUT2D eigenvalue weighted by Gasteiger charge is 2.13. The van der Waals surface area contributed by atoms with Gasteiger partial charge in [0.2, 0.25) is 0 Å². The number of rotatable bonds is 2. The maximum atomic E-state index is 11.3. The molecule has 0 aromatic heterocycles. The first-order valence-electron chi connectivity index (χ1n) is 3.93. The number of ether oxygens (including phenoxy) is 1. The molecule has 0 amide bonds. The molecule has 0 fully saturated rings. The fraction of sp³-hybridized carbons (Fsp3) is 0.200. The predicted molar refractivity (Wildman–Crippen MR) is 54.8 cm³/mol. The van der Waals surface area contributed by atoms with Crippen molar-refractivity contribution in [3.05, 3.63) is 33.8 Å². The summed E-state index contributed by atoms with van der Waals surface area (Å²) in [5, 5.41) is 8.60. The maximum absolute atomic E-state index is 11.3. The number of carbonyl (C=O) groups is 1. The van der Waals surface area contributed by atoms with Crippen molar-refractivity contribution in [2.75, 3.05) is 7.11 Å². The average molecular weight is 254 g/mol. The van der Waals surface area contributed by atoms with E-state index in [1.165, 1.54) is 7.11 Å². The molecule has 0 N–H and O–H groups in total. The third-order valence-electron chi connectivity index (χ3n) is 1.78. The Morgan fingerprint density at radius 3 is 2.93 bits per heavy atom. The van der Waals surface area contributed by atoms with E-state index >= 15 is 0 Å². The molecule has 0 aliphatic rings. The van der Waals surface area contributed by atoms with Gasteiger partial charge in [-0.15, -0.1) is 0 Å². The van der Waals surface area contributed by atoms with Gasteiger partial charge in [0, 0.05) is 4.47 Å². The van der Waals surface area contributed by atoms with Crippen LogP contribution < -0.4 is 0 Å². The minimum atomic E-state index is -0.420. The summed E-state index contributed by atoms with van der Waals surface area (Å²) in [7, 11) is 1.32. The van der Waals surface area contributed by atoms with Crippen LogP contribution in [0.5, 0.6) is 0 Å². The van der Waals surface area contributed by atoms with Crippen molar-refractivity contribution in [2.24, 2.45) is 0 Å². The number of esters is 1. The highest BCUT2D eigenvalue weighted by Crippen LogP contribution is 2.21. The first-order valence-corrected chi connectivity index (χ1v) is 4.72. The van der Waals surface area contributed by atoms with Gasteiger partial charge in [-0.05, 0) is 17.7 Å². The van der Waals surface area contributed by atoms with Gasteiger partial charge in [-0.3, -0.25) is 0 Å². The number of nitriles is 1. The second-order valence-corrected chi connectivity index (χ2v) is 3.45. The van der Waals surface area contributed by atoms with Crippen LogP contribution in [-0.2, 0) is 11.2 Å². The molecule has 0 saturated heterocycles. The Morgan fingerprint density at radius 1 is 1.64 bits per heavy atom. The minimum absolute atomic E-state index is 0.186. The summed E-state index contributed by atoms with van der Waals surface area (Å²) in [4.78, 5) is 11.3. The number of hydrogen-bond acceptors (Lipinski definition) is 3. The number of halogens is 1. The van der Waals surface area contributed by atoms with Crippen LogP contribution in [-0.4, -0.2) is 13.1 Å². The lowest BCUT2D eigenvalue weighted by atomic mass is 10.1. The summed E-state index contributed by atoms with van der Waals surface area (Å²) < 4.78 is 5.36. The van der Waals surface area contributed by atoms with E-state index in [2.05, 4.69) is 20.7 Å². The van der Waals surface area contributed by atoms with Gasteiger partial charge in [-0.25, -0.2) is 4.79 Å². The van der Waals surface area contributed by atoms with Gasteiger partial charge in [-0.2, -0.15) is 5.26 Å². The van der Waals surface area contributed by atoms with E-state index in [0.29, 0.717) is 11.1 Å². The number of nitrogens with zero attached hydrogens (tertiary/aromatic N) is 1. The molecule has 0 aliphatic heterocycles. The van der Waals surface area contributed by atoms with Crippen LogP contribution in [0.15, 0.2) is 22.7 Å². The van der Waals surface area contributed by atoms with E-state index in [1.54, 1.807) is 18.2 Å². The molecule has 1 aromatic rings. The van der Waals surface area contributed by atoms with Crippen molar-refractivity contribution in [3.8, 4) is 6.07 Å². The van der Waals surface area contributed by atoms with E-state index in [1.807, 2.05) is 6.07 Å². The summed E-state index contributed by atoms with van der Waals surface area (Å²) in [5.41, 5.74) is 1.10. The molecule has 14 heavy (non-hydrogen) atoms. The third-order valence-corrected chi connectivity index (χ3v) is 2.52. The fourth-order valence-corrected chi connectivity index (χ4v) is 1.62. The Bertz CT molecular complexity index is 396. The molecular weight excluding hydrogens is 246 g/mol. The summed E-state index contributed by atoms with van der Waals surface area (Å²) in [6.45, 7) is 0. The van der Waals surface area contributed by atoms with Crippen molar-refractivity contribution >= 4 is 21.9 Å². The molecule has 0 unspecified atom stereocenters. The molecule has 72 valence electrons. The minimum Gasteiger partial charge on any atom is -0.465 e. The van der Waals surface area contributed by atoms with Gasteiger partial charge in [0.25, 0.3) is 0 Å². The van der Waals surface area contributed by atoms with Crippen LogP contribution in [0.1, 0.15) is 15.9 Å². The summed E-state index contributed by atoms with van der Waals surface area (Å²) in [6, 6.07) is 7.17. The van der Waals surface area contributed by atoms with Crippen molar-refractivity contribution < 1.29 is 9.53 Å². The topological polar surface area (TPSA) is 50.1 Å². The summed E-state index contributed by atoms with van der Waals surface area (Å²) >= 11 is 3.29. The zero-order valence-electron chi connectivity index (χ0n) is 7.58. The van der Waals surface area contributed by atoms with Crippen LogP contribution >= 0.6 is 15.9 Å². The van der Waals surface area contributed by atoms with E-state index in [4.69, 9.17) is 5.26 Å². The molecule has 0 spiro atoms. The monoisotopic (exact) mass is 253 g/mol. The van der Waals surface area contributed by atoms with Crippen molar-refractivity contribution in [2.45, 2.75) is 6.42 Å². The van der Waals surface area contributed by atoms with Gasteiger partial charge in [-0.1, -0.05) is 22.0 Å². The molecule has 4 heteroatoms. The first kappa shape index (κ1) is 10.7. The van der Waals surface area contributed by atoms with E-state index < -0.39 is 5.97 Å². The lowest BCUT2D eigenvalue weighted by Gasteiger charge is -2.06. The van der Waals surface area contributed by atoms with Crippen molar-refractivity contribution in [3.63, 3.8) is 0 Å². The molecule has 0 saturated carbocycles. The Kier molecular flexibility index (Phi) is 3.66. The van der Waals surface area contributed by atoms with Gasteiger partial charge < -0.3 is 4.74 Å². The van der Waals surface area contributed by atoms with Crippen LogP contribution in [0.25, 0.3) is 0 Å². The number of benzene rings is 1. The molecule has 0 atom stereocenters. The standard InChI is InChI=1S/C10H8BrNO2/c1-14-10(13)8-3-2-4-9(11)7(8)5-6-12/h2-4H,5H2,1H3. The van der Waals surface area contributed by atoms with Gasteiger partial charge in [0.05, 0.1) is 25.2 Å². The zero-order chi connectivity index (χ0) is 10.6.